The van der Waals surface area contributed by atoms with Crippen LogP contribution < -0.4 is 5.32 Å². The number of hydrogen-bond donors (Lipinski definition) is 2. The minimum Gasteiger partial charge on any atom is -0.480 e. The fourth-order valence-electron chi connectivity index (χ4n) is 1.88. The van der Waals surface area contributed by atoms with E-state index in [2.05, 4.69) is 10.4 Å². The summed E-state index contributed by atoms with van der Waals surface area (Å²) in [6.45, 7) is 3.60. The first kappa shape index (κ1) is 13.5. The fraction of sp³-hybridized carbons (Fsp3) is 0.417. The lowest BCUT2D eigenvalue weighted by Gasteiger charge is -2.10. The van der Waals surface area contributed by atoms with Crippen LogP contribution in [0.3, 0.4) is 0 Å². The Morgan fingerprint density at radius 1 is 1.58 bits per heavy atom. The van der Waals surface area contributed by atoms with Crippen LogP contribution in [-0.4, -0.2) is 32.8 Å². The van der Waals surface area contributed by atoms with Crippen LogP contribution in [0.15, 0.2) is 6.07 Å². The zero-order chi connectivity index (χ0) is 14.2. The Bertz CT molecular complexity index is 609. The first-order valence-corrected chi connectivity index (χ1v) is 6.72. The molecule has 1 atom stereocenters. The van der Waals surface area contributed by atoms with Crippen molar-refractivity contribution in [2.45, 2.75) is 26.3 Å². The number of carboxylic acid groups (broad SMARTS) is 1. The summed E-state index contributed by atoms with van der Waals surface area (Å²) in [6.07, 6.45) is 0.354. The number of rotatable bonds is 4. The molecule has 19 heavy (non-hydrogen) atoms. The summed E-state index contributed by atoms with van der Waals surface area (Å²) in [4.78, 5) is 24.3. The van der Waals surface area contributed by atoms with Gasteiger partial charge in [-0.15, -0.1) is 11.3 Å². The molecule has 2 rings (SSSR count). The maximum Gasteiger partial charge on any atom is 0.326 e. The number of carbonyl (C=O) groups excluding carboxylic acids is 1. The number of aromatic nitrogens is 2. The van der Waals surface area contributed by atoms with E-state index in [1.807, 2.05) is 14.0 Å². The van der Waals surface area contributed by atoms with Crippen LogP contribution >= 0.6 is 11.3 Å². The molecule has 0 spiro atoms. The van der Waals surface area contributed by atoms with Gasteiger partial charge in [0, 0.05) is 12.4 Å². The lowest BCUT2D eigenvalue weighted by Crippen LogP contribution is -2.39. The van der Waals surface area contributed by atoms with Crippen LogP contribution in [0.4, 0.5) is 0 Å². The molecule has 0 radical (unpaired) electrons. The zero-order valence-corrected chi connectivity index (χ0v) is 11.7. The smallest absolute Gasteiger partial charge is 0.326 e. The second kappa shape index (κ2) is 5.00. The van der Waals surface area contributed by atoms with Gasteiger partial charge in [-0.1, -0.05) is 6.92 Å². The van der Waals surface area contributed by atoms with E-state index in [0.29, 0.717) is 11.3 Å². The average molecular weight is 281 g/mol. The van der Waals surface area contributed by atoms with Gasteiger partial charge in [-0.3, -0.25) is 9.48 Å². The van der Waals surface area contributed by atoms with E-state index in [4.69, 9.17) is 5.11 Å². The number of thiophene rings is 1. The molecule has 7 heteroatoms. The number of fused-ring (bicyclic) bond motifs is 1. The monoisotopic (exact) mass is 281 g/mol. The van der Waals surface area contributed by atoms with E-state index in [0.717, 1.165) is 15.9 Å². The maximum absolute atomic E-state index is 12.0. The molecule has 2 aromatic rings. The maximum atomic E-state index is 12.0. The zero-order valence-electron chi connectivity index (χ0n) is 10.9. The Hall–Kier alpha value is -1.89. The highest BCUT2D eigenvalue weighted by molar-refractivity contribution is 7.20. The topological polar surface area (TPSA) is 84.2 Å². The molecule has 0 aromatic carbocycles. The quantitative estimate of drug-likeness (QED) is 0.890. The van der Waals surface area contributed by atoms with Crippen molar-refractivity contribution in [2.24, 2.45) is 7.05 Å². The van der Waals surface area contributed by atoms with Crippen LogP contribution in [0.1, 0.15) is 28.7 Å². The highest BCUT2D eigenvalue weighted by Crippen LogP contribution is 2.27. The van der Waals surface area contributed by atoms with Crippen LogP contribution in [0.2, 0.25) is 0 Å². The van der Waals surface area contributed by atoms with Crippen molar-refractivity contribution in [3.05, 3.63) is 16.6 Å². The lowest BCUT2D eigenvalue weighted by atomic mass is 10.2. The van der Waals surface area contributed by atoms with E-state index >= 15 is 0 Å². The van der Waals surface area contributed by atoms with Crippen molar-refractivity contribution in [3.63, 3.8) is 0 Å². The molecule has 6 nitrogen and oxygen atoms in total. The normalized spacial score (nSPS) is 12.6. The summed E-state index contributed by atoms with van der Waals surface area (Å²) in [7, 11) is 1.82. The van der Waals surface area contributed by atoms with Gasteiger partial charge in [0.25, 0.3) is 5.91 Å². The van der Waals surface area contributed by atoms with Crippen LogP contribution in [-0.2, 0) is 11.8 Å². The molecule has 2 aromatic heterocycles. The molecule has 0 aliphatic rings. The Morgan fingerprint density at radius 2 is 2.26 bits per heavy atom. The number of carboxylic acids is 1. The second-order valence-electron chi connectivity index (χ2n) is 4.31. The Kier molecular flexibility index (Phi) is 3.57. The predicted octanol–water partition coefficient (Wildman–Crippen LogP) is 1.54. The van der Waals surface area contributed by atoms with Gasteiger partial charge in [0.1, 0.15) is 10.9 Å². The van der Waals surface area contributed by atoms with Crippen LogP contribution in [0.5, 0.6) is 0 Å². The third kappa shape index (κ3) is 2.46. The second-order valence-corrected chi connectivity index (χ2v) is 5.34. The molecular formula is C12H15N3O3S. The van der Waals surface area contributed by atoms with E-state index in [-0.39, 0.29) is 5.91 Å². The first-order valence-electron chi connectivity index (χ1n) is 5.90. The Labute approximate surface area is 114 Å². The van der Waals surface area contributed by atoms with Gasteiger partial charge in [0.15, 0.2) is 0 Å². The van der Waals surface area contributed by atoms with Crippen molar-refractivity contribution >= 4 is 33.4 Å². The third-order valence-electron chi connectivity index (χ3n) is 2.93. The van der Waals surface area contributed by atoms with Crippen molar-refractivity contribution in [3.8, 4) is 0 Å². The number of nitrogens with one attached hydrogen (secondary N) is 1. The van der Waals surface area contributed by atoms with Gasteiger partial charge in [-0.05, 0) is 19.4 Å². The van der Waals surface area contributed by atoms with Crippen molar-refractivity contribution in [1.82, 2.24) is 15.1 Å². The summed E-state index contributed by atoms with van der Waals surface area (Å²) >= 11 is 1.31. The molecule has 0 fully saturated rings. The largest absolute Gasteiger partial charge is 0.480 e. The number of hydrogen-bond acceptors (Lipinski definition) is 4. The van der Waals surface area contributed by atoms with Gasteiger partial charge in [-0.25, -0.2) is 4.79 Å². The van der Waals surface area contributed by atoms with Crippen molar-refractivity contribution < 1.29 is 14.7 Å². The molecule has 0 bridgehead atoms. The van der Waals surface area contributed by atoms with Crippen LogP contribution in [0, 0.1) is 6.92 Å². The SMILES string of the molecule is CC[C@H](NC(=O)c1cc2c(C)nn(C)c2s1)C(=O)O. The molecule has 0 saturated carbocycles. The number of aliphatic carboxylic acids is 1. The standard InChI is InChI=1S/C12H15N3O3S/c1-4-8(12(17)18)13-10(16)9-5-7-6(2)14-15(3)11(7)19-9/h5,8H,4H2,1-3H3,(H,13,16)(H,17,18)/t8-/m0/s1. The molecule has 0 unspecified atom stereocenters. The minimum atomic E-state index is -1.02. The molecule has 2 heterocycles. The molecule has 1 amide bonds. The van der Waals surface area contributed by atoms with Gasteiger partial charge >= 0.3 is 5.97 Å². The summed E-state index contributed by atoms with van der Waals surface area (Å²) in [5.41, 5.74) is 0.859. The summed E-state index contributed by atoms with van der Waals surface area (Å²) in [5, 5.41) is 16.6. The van der Waals surface area contributed by atoms with E-state index in [9.17, 15) is 9.59 Å². The first-order chi connectivity index (χ1) is 8.93. The van der Waals surface area contributed by atoms with Crippen molar-refractivity contribution in [2.75, 3.05) is 0 Å². The molecule has 2 N–H and O–H groups in total. The van der Waals surface area contributed by atoms with Gasteiger partial charge in [0.2, 0.25) is 0 Å². The predicted molar refractivity (Wildman–Crippen MR) is 72.5 cm³/mol. The molecule has 0 saturated heterocycles. The molecule has 102 valence electrons. The van der Waals surface area contributed by atoms with Gasteiger partial charge in [0.05, 0.1) is 10.6 Å². The number of aryl methyl sites for hydroxylation is 2. The van der Waals surface area contributed by atoms with E-state index in [1.54, 1.807) is 17.7 Å². The Morgan fingerprint density at radius 3 is 2.79 bits per heavy atom. The van der Waals surface area contributed by atoms with E-state index < -0.39 is 12.0 Å². The fourth-order valence-corrected chi connectivity index (χ4v) is 2.91. The summed E-state index contributed by atoms with van der Waals surface area (Å²) < 4.78 is 1.72. The van der Waals surface area contributed by atoms with E-state index in [1.165, 1.54) is 11.3 Å². The van der Waals surface area contributed by atoms with Crippen molar-refractivity contribution in [1.29, 1.82) is 0 Å². The minimum absolute atomic E-state index is 0.352. The van der Waals surface area contributed by atoms with Gasteiger partial charge < -0.3 is 10.4 Å². The Balaban J connectivity index is 2.27. The summed E-state index contributed by atoms with van der Waals surface area (Å²) in [6, 6.07) is 0.906. The molecular weight excluding hydrogens is 266 g/mol. The number of nitrogens with zero attached hydrogens (tertiary/aromatic N) is 2. The number of carbonyl (C=O) groups is 2. The lowest BCUT2D eigenvalue weighted by molar-refractivity contribution is -0.139. The third-order valence-corrected chi connectivity index (χ3v) is 4.13. The van der Waals surface area contributed by atoms with Gasteiger partial charge in [-0.2, -0.15) is 5.10 Å². The molecule has 0 aliphatic carbocycles. The highest BCUT2D eigenvalue weighted by Gasteiger charge is 2.21. The summed E-state index contributed by atoms with van der Waals surface area (Å²) in [5.74, 6) is -1.37. The average Bonchev–Trinajstić information content (AvgIpc) is 2.89. The molecule has 0 aliphatic heterocycles. The highest BCUT2D eigenvalue weighted by atomic mass is 32.1. The van der Waals surface area contributed by atoms with Crippen LogP contribution in [0.25, 0.3) is 10.2 Å². The number of amides is 1.